The smallest absolute Gasteiger partial charge is 0.261 e. The third-order valence-corrected chi connectivity index (χ3v) is 6.40. The number of nitrogens with two attached hydrogens (primary N) is 1. The van der Waals surface area contributed by atoms with E-state index in [2.05, 4.69) is 32.4 Å². The minimum absolute atomic E-state index is 0.0161. The van der Waals surface area contributed by atoms with Crippen LogP contribution in [0.15, 0.2) is 86.0 Å². The van der Waals surface area contributed by atoms with Crippen LogP contribution < -0.4 is 21.3 Å². The number of fused-ring (bicyclic) bond motifs is 3. The normalized spacial score (nSPS) is 11.1. The molecule has 0 aliphatic heterocycles. The number of halogens is 2. The SMILES string of the molecule is C=CC(=O)NNc1ccc(F)c(-n2ccn3c4ncnc(N)c4c(-c4ccc(Oc5cccc(C)n5)c(F)c4)c23)c1. The number of pyridine rings is 1. The van der Waals surface area contributed by atoms with Gasteiger partial charge in [-0.05, 0) is 55.0 Å². The Morgan fingerprint density at radius 1 is 1.07 bits per heavy atom. The molecule has 6 aromatic rings. The Morgan fingerprint density at radius 3 is 2.71 bits per heavy atom. The average molecular weight is 553 g/mol. The highest BCUT2D eigenvalue weighted by Gasteiger charge is 2.23. The van der Waals surface area contributed by atoms with Gasteiger partial charge in [0.2, 0.25) is 5.88 Å². The summed E-state index contributed by atoms with van der Waals surface area (Å²) in [7, 11) is 0. The van der Waals surface area contributed by atoms with Gasteiger partial charge in [0, 0.05) is 29.7 Å². The largest absolute Gasteiger partial charge is 0.436 e. The number of nitrogens with one attached hydrogen (secondary N) is 2. The molecule has 4 N–H and O–H groups in total. The number of nitrogens with zero attached hydrogens (tertiary/aromatic N) is 5. The second-order valence-corrected chi connectivity index (χ2v) is 9.04. The van der Waals surface area contributed by atoms with Gasteiger partial charge in [0.1, 0.15) is 23.6 Å². The quantitative estimate of drug-likeness (QED) is 0.181. The molecule has 0 unspecified atom stereocenters. The van der Waals surface area contributed by atoms with E-state index < -0.39 is 17.5 Å². The summed E-state index contributed by atoms with van der Waals surface area (Å²) in [5.41, 5.74) is 14.6. The second-order valence-electron chi connectivity index (χ2n) is 9.04. The molecule has 6 rings (SSSR count). The molecule has 1 amide bonds. The summed E-state index contributed by atoms with van der Waals surface area (Å²) >= 11 is 0. The first kappa shape index (κ1) is 25.5. The first-order valence-electron chi connectivity index (χ1n) is 12.4. The molecule has 0 radical (unpaired) electrons. The molecule has 0 aliphatic rings. The van der Waals surface area contributed by atoms with E-state index in [0.717, 1.165) is 11.8 Å². The Bertz CT molecular complexity index is 1980. The number of imidazole rings is 1. The highest BCUT2D eigenvalue weighted by molar-refractivity contribution is 6.08. The topological polar surface area (TPSA) is 124 Å². The number of amides is 1. The van der Waals surface area contributed by atoms with Crippen molar-refractivity contribution < 1.29 is 18.3 Å². The minimum atomic E-state index is -0.637. The summed E-state index contributed by atoms with van der Waals surface area (Å²) in [6, 6.07) is 13.9. The van der Waals surface area contributed by atoms with Crippen molar-refractivity contribution in [3.8, 4) is 28.4 Å². The van der Waals surface area contributed by atoms with Crippen LogP contribution in [0.3, 0.4) is 0 Å². The third kappa shape index (κ3) is 4.56. The lowest BCUT2D eigenvalue weighted by Gasteiger charge is -2.12. The Hall–Kier alpha value is -5.78. The van der Waals surface area contributed by atoms with Gasteiger partial charge >= 0.3 is 0 Å². The fourth-order valence-electron chi connectivity index (χ4n) is 4.58. The first-order valence-corrected chi connectivity index (χ1v) is 12.4. The van der Waals surface area contributed by atoms with E-state index >= 15 is 8.78 Å². The van der Waals surface area contributed by atoms with Crippen LogP contribution in [0, 0.1) is 18.6 Å². The van der Waals surface area contributed by atoms with Gasteiger partial charge in [-0.15, -0.1) is 0 Å². The third-order valence-electron chi connectivity index (χ3n) is 6.40. The monoisotopic (exact) mass is 552 g/mol. The number of aryl methyl sites for hydroxylation is 1. The summed E-state index contributed by atoms with van der Waals surface area (Å²) in [4.78, 5) is 24.4. The second kappa shape index (κ2) is 10.1. The minimum Gasteiger partial charge on any atom is -0.436 e. The zero-order valence-corrected chi connectivity index (χ0v) is 21.6. The molecule has 2 aromatic carbocycles. The van der Waals surface area contributed by atoms with Crippen molar-refractivity contribution >= 4 is 34.1 Å². The van der Waals surface area contributed by atoms with Crippen LogP contribution in [0.5, 0.6) is 11.6 Å². The maximum absolute atomic E-state index is 15.4. The molecule has 204 valence electrons. The number of aromatic nitrogens is 5. The van der Waals surface area contributed by atoms with Crippen LogP contribution in [0.4, 0.5) is 20.3 Å². The number of carbonyl (C=O) groups is 1. The van der Waals surface area contributed by atoms with Crippen LogP contribution >= 0.6 is 0 Å². The van der Waals surface area contributed by atoms with Crippen molar-refractivity contribution in [1.29, 1.82) is 0 Å². The standard InChI is InChI=1S/C29H22F2N8O2/c1-3-23(40)37-36-18-8-9-19(30)21(14-18)38-11-12-39-28-26(27(32)33-15-34-28)25(29(38)39)17-7-10-22(20(31)13-17)41-24-6-4-5-16(2)35-24/h3-15,36H,1H2,2H3,(H,37,40)(H2,32,33,34). The van der Waals surface area contributed by atoms with E-state index in [1.165, 1.54) is 36.7 Å². The van der Waals surface area contributed by atoms with Crippen LogP contribution in [0.25, 0.3) is 33.5 Å². The Kier molecular flexibility index (Phi) is 6.27. The molecule has 0 saturated heterocycles. The van der Waals surface area contributed by atoms with Gasteiger partial charge < -0.3 is 10.5 Å². The van der Waals surface area contributed by atoms with Crippen LogP contribution in [0.1, 0.15) is 5.69 Å². The average Bonchev–Trinajstić information content (AvgIpc) is 3.53. The van der Waals surface area contributed by atoms with Crippen molar-refractivity contribution in [3.05, 3.63) is 103 Å². The number of benzene rings is 2. The van der Waals surface area contributed by atoms with Crippen LogP contribution in [0.2, 0.25) is 0 Å². The van der Waals surface area contributed by atoms with Gasteiger partial charge in [-0.1, -0.05) is 18.7 Å². The highest BCUT2D eigenvalue weighted by atomic mass is 19.1. The molecule has 0 spiro atoms. The van der Waals surface area contributed by atoms with E-state index in [1.807, 2.05) is 13.0 Å². The maximum atomic E-state index is 15.4. The molecular weight excluding hydrogens is 530 g/mol. The lowest BCUT2D eigenvalue weighted by molar-refractivity contribution is -0.116. The van der Waals surface area contributed by atoms with E-state index in [-0.39, 0.29) is 23.1 Å². The molecular formula is C29H22F2N8O2. The number of hydrogen-bond donors (Lipinski definition) is 3. The van der Waals surface area contributed by atoms with Crippen molar-refractivity contribution in [2.75, 3.05) is 11.2 Å². The number of hydrazine groups is 1. The zero-order valence-electron chi connectivity index (χ0n) is 21.6. The van der Waals surface area contributed by atoms with E-state index in [9.17, 15) is 4.79 Å². The number of ether oxygens (including phenoxy) is 1. The van der Waals surface area contributed by atoms with Crippen molar-refractivity contribution in [3.63, 3.8) is 0 Å². The summed E-state index contributed by atoms with van der Waals surface area (Å²) < 4.78 is 39.7. The van der Waals surface area contributed by atoms with Gasteiger partial charge in [0.15, 0.2) is 17.2 Å². The van der Waals surface area contributed by atoms with Gasteiger partial charge in [-0.25, -0.2) is 23.7 Å². The van der Waals surface area contributed by atoms with Gasteiger partial charge in [0.05, 0.1) is 16.8 Å². The van der Waals surface area contributed by atoms with Crippen molar-refractivity contribution in [2.45, 2.75) is 6.92 Å². The zero-order chi connectivity index (χ0) is 28.7. The highest BCUT2D eigenvalue weighted by Crippen LogP contribution is 2.40. The molecule has 0 fully saturated rings. The molecule has 4 aromatic heterocycles. The Morgan fingerprint density at radius 2 is 1.93 bits per heavy atom. The summed E-state index contributed by atoms with van der Waals surface area (Å²) in [5, 5.41) is 0.471. The van der Waals surface area contributed by atoms with E-state index in [0.29, 0.717) is 33.5 Å². The molecule has 41 heavy (non-hydrogen) atoms. The molecule has 12 heteroatoms. The lowest BCUT2D eigenvalue weighted by atomic mass is 10.0. The van der Waals surface area contributed by atoms with E-state index in [1.54, 1.807) is 39.6 Å². The number of rotatable bonds is 7. The fourth-order valence-corrected chi connectivity index (χ4v) is 4.58. The number of hydrogen-bond acceptors (Lipinski definition) is 7. The van der Waals surface area contributed by atoms with Gasteiger partial charge in [-0.3, -0.25) is 24.6 Å². The molecule has 0 bridgehead atoms. The number of carbonyl (C=O) groups excluding carboxylic acids is 1. The van der Waals surface area contributed by atoms with Crippen molar-refractivity contribution in [1.82, 2.24) is 29.3 Å². The van der Waals surface area contributed by atoms with Crippen LogP contribution in [-0.4, -0.2) is 29.8 Å². The van der Waals surface area contributed by atoms with Gasteiger partial charge in [-0.2, -0.15) is 0 Å². The molecule has 0 atom stereocenters. The molecule has 0 aliphatic carbocycles. The Balaban J connectivity index is 1.51. The fraction of sp³-hybridized carbons (Fsp3) is 0.0345. The summed E-state index contributed by atoms with van der Waals surface area (Å²) in [6.45, 7) is 5.21. The lowest BCUT2D eigenvalue weighted by Crippen LogP contribution is -2.27. The molecule has 0 saturated carbocycles. The van der Waals surface area contributed by atoms with Gasteiger partial charge in [0.25, 0.3) is 5.91 Å². The molecule has 4 heterocycles. The first-order chi connectivity index (χ1) is 19.8. The Labute approximate surface area is 231 Å². The summed E-state index contributed by atoms with van der Waals surface area (Å²) in [6.07, 6.45) is 5.77. The predicted molar refractivity (Wildman–Crippen MR) is 151 cm³/mol. The maximum Gasteiger partial charge on any atom is 0.261 e. The molecule has 10 nitrogen and oxygen atoms in total. The predicted octanol–water partition coefficient (Wildman–Crippen LogP) is 5.33. The van der Waals surface area contributed by atoms with E-state index in [4.69, 9.17) is 10.5 Å². The van der Waals surface area contributed by atoms with Crippen molar-refractivity contribution in [2.24, 2.45) is 0 Å². The number of anilines is 2. The summed E-state index contributed by atoms with van der Waals surface area (Å²) in [5.74, 6) is -1.22. The van der Waals surface area contributed by atoms with Crippen LogP contribution in [-0.2, 0) is 4.79 Å². The number of nitrogen functional groups attached to an aromatic ring is 1.